The molecule has 202 valence electrons. The molecule has 0 saturated carbocycles. The normalized spacial score (nSPS) is 11.4. The van der Waals surface area contributed by atoms with Crippen LogP contribution in [0.2, 0.25) is 0 Å². The average molecular weight is 483 g/mol. The van der Waals surface area contributed by atoms with E-state index in [0.717, 1.165) is 63.2 Å². The number of carbonyl (C=O) groups excluding carboxylic acids is 2. The lowest BCUT2D eigenvalue weighted by Gasteiger charge is -2.07. The van der Waals surface area contributed by atoms with Crippen molar-refractivity contribution in [1.82, 2.24) is 0 Å². The van der Waals surface area contributed by atoms with Crippen LogP contribution in [0.4, 0.5) is 0 Å². The van der Waals surface area contributed by atoms with Gasteiger partial charge in [0.15, 0.2) is 0 Å². The van der Waals surface area contributed by atoms with Gasteiger partial charge in [-0.2, -0.15) is 0 Å². The predicted octanol–water partition coefficient (Wildman–Crippen LogP) is 9.19. The molecule has 4 heteroatoms. The third-order valence-electron chi connectivity index (χ3n) is 6.39. The molecule has 0 aromatic heterocycles. The molecule has 0 aromatic carbocycles. The number of hydrogen-bond acceptors (Lipinski definition) is 4. The first kappa shape index (κ1) is 32.9. The van der Waals surface area contributed by atoms with E-state index in [9.17, 15) is 9.59 Å². The van der Waals surface area contributed by atoms with Crippen molar-refractivity contribution in [3.63, 3.8) is 0 Å². The second kappa shape index (κ2) is 25.0. The van der Waals surface area contributed by atoms with Gasteiger partial charge < -0.3 is 9.47 Å². The van der Waals surface area contributed by atoms with Gasteiger partial charge >= 0.3 is 11.9 Å². The number of rotatable bonds is 25. The molecule has 4 nitrogen and oxygen atoms in total. The summed E-state index contributed by atoms with van der Waals surface area (Å²) in [6.45, 7) is 10.2. The van der Waals surface area contributed by atoms with Gasteiger partial charge in [0.05, 0.1) is 13.2 Å². The Morgan fingerprint density at radius 3 is 1.06 bits per heavy atom. The molecule has 0 rings (SSSR count). The molecule has 0 atom stereocenters. The molecule has 0 bridgehead atoms. The van der Waals surface area contributed by atoms with Gasteiger partial charge in [-0.1, -0.05) is 118 Å². The molecule has 0 fully saturated rings. The topological polar surface area (TPSA) is 52.6 Å². The van der Waals surface area contributed by atoms with Crippen LogP contribution in [0, 0.1) is 11.8 Å². The molecular formula is C30H58O4. The lowest BCUT2D eigenvalue weighted by atomic mass is 10.1. The second-order valence-corrected chi connectivity index (χ2v) is 11.0. The van der Waals surface area contributed by atoms with Gasteiger partial charge in [-0.05, 0) is 37.5 Å². The van der Waals surface area contributed by atoms with Crippen LogP contribution in [0.15, 0.2) is 0 Å². The Hall–Kier alpha value is -1.06. The van der Waals surface area contributed by atoms with Crippen LogP contribution in [0.1, 0.15) is 156 Å². The van der Waals surface area contributed by atoms with Crippen molar-refractivity contribution in [2.75, 3.05) is 13.2 Å². The summed E-state index contributed by atoms with van der Waals surface area (Å²) in [5, 5.41) is 0. The number of hydrogen-bond donors (Lipinski definition) is 0. The Morgan fingerprint density at radius 1 is 0.441 bits per heavy atom. The van der Waals surface area contributed by atoms with E-state index in [0.29, 0.717) is 26.1 Å². The van der Waals surface area contributed by atoms with Crippen molar-refractivity contribution in [2.24, 2.45) is 11.8 Å². The summed E-state index contributed by atoms with van der Waals surface area (Å²) in [5.41, 5.74) is 0. The summed E-state index contributed by atoms with van der Waals surface area (Å²) in [6.07, 6.45) is 22.2. The van der Waals surface area contributed by atoms with E-state index >= 15 is 0 Å². The number of carbonyl (C=O) groups is 2. The molecule has 0 saturated heterocycles. The lowest BCUT2D eigenvalue weighted by molar-refractivity contribution is -0.144. The summed E-state index contributed by atoms with van der Waals surface area (Å²) in [7, 11) is 0. The fraction of sp³-hybridized carbons (Fsp3) is 0.933. The van der Waals surface area contributed by atoms with E-state index in [1.807, 2.05) is 0 Å². The fourth-order valence-corrected chi connectivity index (χ4v) is 4.13. The summed E-state index contributed by atoms with van der Waals surface area (Å²) in [4.78, 5) is 23.5. The summed E-state index contributed by atoms with van der Waals surface area (Å²) in [6, 6.07) is 0. The molecular weight excluding hydrogens is 424 g/mol. The molecule has 0 radical (unpaired) electrons. The largest absolute Gasteiger partial charge is 0.466 e. The van der Waals surface area contributed by atoms with Crippen molar-refractivity contribution >= 4 is 11.9 Å². The van der Waals surface area contributed by atoms with Gasteiger partial charge in [0.25, 0.3) is 0 Å². The van der Waals surface area contributed by atoms with Crippen molar-refractivity contribution in [3.05, 3.63) is 0 Å². The standard InChI is InChI=1S/C30H58O4/c1-27(2)21-15-13-19-25-33-29(31)23-17-11-9-7-5-6-8-10-12-18-24-30(32)34-26-20-14-16-22-28(3)4/h27-28H,5-26H2,1-4H3. The van der Waals surface area contributed by atoms with Crippen LogP contribution < -0.4 is 0 Å². The lowest BCUT2D eigenvalue weighted by Crippen LogP contribution is -2.05. The zero-order chi connectivity index (χ0) is 25.3. The minimum atomic E-state index is -0.0191. The molecule has 34 heavy (non-hydrogen) atoms. The van der Waals surface area contributed by atoms with E-state index < -0.39 is 0 Å². The maximum absolute atomic E-state index is 11.7. The van der Waals surface area contributed by atoms with Crippen LogP contribution in [0.3, 0.4) is 0 Å². The zero-order valence-corrected chi connectivity index (χ0v) is 23.3. The van der Waals surface area contributed by atoms with Gasteiger partial charge in [-0.15, -0.1) is 0 Å². The van der Waals surface area contributed by atoms with Crippen LogP contribution in [0.25, 0.3) is 0 Å². The molecule has 0 heterocycles. The summed E-state index contributed by atoms with van der Waals surface area (Å²) in [5.74, 6) is 1.50. The average Bonchev–Trinajstić information content (AvgIpc) is 2.78. The zero-order valence-electron chi connectivity index (χ0n) is 23.3. The number of unbranched alkanes of at least 4 members (excludes halogenated alkanes) is 13. The van der Waals surface area contributed by atoms with Crippen molar-refractivity contribution in [2.45, 2.75) is 156 Å². The van der Waals surface area contributed by atoms with Crippen LogP contribution in [-0.2, 0) is 19.1 Å². The molecule has 0 aliphatic carbocycles. The fourth-order valence-electron chi connectivity index (χ4n) is 4.13. The van der Waals surface area contributed by atoms with Gasteiger partial charge in [0.1, 0.15) is 0 Å². The quantitative estimate of drug-likeness (QED) is 0.0961. The van der Waals surface area contributed by atoms with E-state index in [2.05, 4.69) is 27.7 Å². The second-order valence-electron chi connectivity index (χ2n) is 11.0. The molecule has 0 N–H and O–H groups in total. The van der Waals surface area contributed by atoms with Gasteiger partial charge in [0.2, 0.25) is 0 Å². The monoisotopic (exact) mass is 482 g/mol. The molecule has 0 aromatic rings. The summed E-state index contributed by atoms with van der Waals surface area (Å²) >= 11 is 0. The SMILES string of the molecule is CC(C)CCCCCOC(=O)CCCCCCCCCCCCC(=O)OCCCCCC(C)C. The van der Waals surface area contributed by atoms with Gasteiger partial charge in [-0.25, -0.2) is 0 Å². The maximum Gasteiger partial charge on any atom is 0.305 e. The molecule has 0 aliphatic rings. The first-order valence-electron chi connectivity index (χ1n) is 14.7. The van der Waals surface area contributed by atoms with Crippen molar-refractivity contribution in [3.8, 4) is 0 Å². The summed E-state index contributed by atoms with van der Waals surface area (Å²) < 4.78 is 10.7. The molecule has 0 amide bonds. The highest BCUT2D eigenvalue weighted by atomic mass is 16.5. The number of esters is 2. The molecule has 0 spiro atoms. The van der Waals surface area contributed by atoms with E-state index in [4.69, 9.17) is 9.47 Å². The first-order valence-corrected chi connectivity index (χ1v) is 14.7. The Labute approximate surface area is 212 Å². The smallest absolute Gasteiger partial charge is 0.305 e. The van der Waals surface area contributed by atoms with Crippen molar-refractivity contribution in [1.29, 1.82) is 0 Å². The van der Waals surface area contributed by atoms with E-state index in [1.165, 1.54) is 64.2 Å². The van der Waals surface area contributed by atoms with Crippen LogP contribution in [-0.4, -0.2) is 25.2 Å². The Morgan fingerprint density at radius 2 is 0.735 bits per heavy atom. The maximum atomic E-state index is 11.7. The van der Waals surface area contributed by atoms with E-state index in [1.54, 1.807) is 0 Å². The minimum Gasteiger partial charge on any atom is -0.466 e. The van der Waals surface area contributed by atoms with Gasteiger partial charge in [-0.3, -0.25) is 9.59 Å². The Kier molecular flexibility index (Phi) is 24.3. The highest BCUT2D eigenvalue weighted by molar-refractivity contribution is 5.69. The highest BCUT2D eigenvalue weighted by Gasteiger charge is 2.04. The minimum absolute atomic E-state index is 0.0191. The van der Waals surface area contributed by atoms with Crippen LogP contribution in [0.5, 0.6) is 0 Å². The Balaban J connectivity index is 3.24. The van der Waals surface area contributed by atoms with Crippen molar-refractivity contribution < 1.29 is 19.1 Å². The molecule has 0 unspecified atom stereocenters. The third-order valence-corrected chi connectivity index (χ3v) is 6.39. The predicted molar refractivity (Wildman–Crippen MR) is 144 cm³/mol. The van der Waals surface area contributed by atoms with E-state index in [-0.39, 0.29) is 11.9 Å². The first-order chi connectivity index (χ1) is 16.4. The van der Waals surface area contributed by atoms with Crippen LogP contribution >= 0.6 is 0 Å². The Bertz CT molecular complexity index is 417. The van der Waals surface area contributed by atoms with Gasteiger partial charge in [0, 0.05) is 12.8 Å². The number of ether oxygens (including phenoxy) is 2. The molecule has 0 aliphatic heterocycles. The highest BCUT2D eigenvalue weighted by Crippen LogP contribution is 2.13. The third kappa shape index (κ3) is 27.2.